The van der Waals surface area contributed by atoms with E-state index in [1.807, 2.05) is 0 Å². The van der Waals surface area contributed by atoms with Crippen LogP contribution in [-0.4, -0.2) is 0 Å². The number of hydrogen-bond donors (Lipinski definition) is 0. The Kier molecular flexibility index (Phi) is 15.5. The van der Waals surface area contributed by atoms with E-state index in [0.29, 0.717) is 0 Å². The van der Waals surface area contributed by atoms with Crippen LogP contribution in [0.5, 0.6) is 0 Å². The standard InChI is InChI=1S/C94H104N2/c1-87(2,3)59-45-60(88(4,5)6)50-67(49-59)95(68-51-61(89(7,8)9)46-62(52-68)90(10,11)12)77-43-41-75-81-71(77)37-31-39-73(81)83-79(57-33-27-25-28-34-57)84-74-40-32-38-72-78(44-42-76(82(72)74)86(84)80(85(75)83)58-35-29-26-30-36-58)96(69-53-63(91(13,14)15)47-64(54-69)92(16,17)18)70-55-65(93(19,20)21)48-66(56-70)94(22,23)24/h25-56H,1-24H3. The first kappa shape index (κ1) is 66.2. The zero-order chi connectivity index (χ0) is 69.1. The van der Waals surface area contributed by atoms with E-state index in [0.717, 1.165) is 0 Å². The number of anilines is 6. The Morgan fingerprint density at radius 3 is 0.615 bits per heavy atom. The van der Waals surface area contributed by atoms with Gasteiger partial charge in [0.2, 0.25) is 0 Å². The summed E-state index contributed by atoms with van der Waals surface area (Å²) in [6, 6.07) is 76.8. The third-order valence-electron chi connectivity index (χ3n) is 20.9. The van der Waals surface area contributed by atoms with Gasteiger partial charge in [-0.25, -0.2) is 0 Å². The molecule has 0 spiro atoms. The van der Waals surface area contributed by atoms with Crippen LogP contribution in [0.3, 0.4) is 0 Å². The van der Waals surface area contributed by atoms with Gasteiger partial charge in [-0.3, -0.25) is 0 Å². The van der Waals surface area contributed by atoms with Crippen LogP contribution in [0.4, 0.5) is 34.1 Å². The van der Waals surface area contributed by atoms with Crippen molar-refractivity contribution in [1.82, 2.24) is 0 Å². The highest BCUT2D eigenvalue weighted by Crippen LogP contribution is 2.59. The monoisotopic (exact) mass is 1260 g/mol. The molecule has 0 saturated heterocycles. The van der Waals surface area contributed by atoms with E-state index in [2.05, 4.69) is 370 Å². The average Bonchev–Trinajstić information content (AvgIpc) is 1.51. The van der Waals surface area contributed by atoms with E-state index < -0.39 is 0 Å². The van der Waals surface area contributed by atoms with Crippen molar-refractivity contribution in [2.45, 2.75) is 209 Å². The number of fused-ring (bicyclic) bond motifs is 6. The Hall–Kier alpha value is -8.46. The van der Waals surface area contributed by atoms with Gasteiger partial charge in [-0.05, 0) is 225 Å². The molecule has 0 aliphatic heterocycles. The topological polar surface area (TPSA) is 6.48 Å². The zero-order valence-corrected chi connectivity index (χ0v) is 62.4. The van der Waals surface area contributed by atoms with E-state index in [4.69, 9.17) is 0 Å². The summed E-state index contributed by atoms with van der Waals surface area (Å²) in [5.41, 5.74) is 21.9. The number of benzene rings is 11. The van der Waals surface area contributed by atoms with Crippen LogP contribution in [0.2, 0.25) is 0 Å². The van der Waals surface area contributed by atoms with Crippen molar-refractivity contribution in [3.63, 3.8) is 0 Å². The summed E-state index contributed by atoms with van der Waals surface area (Å²) in [5, 5.41) is 15.3. The molecule has 0 aliphatic carbocycles. The van der Waals surface area contributed by atoms with Crippen molar-refractivity contribution < 1.29 is 0 Å². The zero-order valence-electron chi connectivity index (χ0n) is 62.4. The molecule has 0 radical (unpaired) electrons. The molecule has 0 atom stereocenters. The maximum absolute atomic E-state index is 2.63. The quantitative estimate of drug-likeness (QED) is 0.150. The minimum atomic E-state index is -0.0937. The SMILES string of the molecule is CC(C)(C)c1cc(N(c2cc(C(C)(C)C)cc(C(C)(C)C)c2)c2ccc3c4c(-c5ccccc5)c5c6ccc(N(c7cc(C(C)(C)C)cc(C(C)(C)C)c7)c7cc(C(C)(C)C)cc(C(C)(C)C)c7)c7cccc(c5c(-c5ccccc5)c4c4cccc2c43)c76)cc(C(C)(C)C)c1. The van der Waals surface area contributed by atoms with E-state index in [9.17, 15) is 0 Å². The van der Waals surface area contributed by atoms with Crippen LogP contribution in [0.25, 0.3) is 86.9 Å². The number of rotatable bonds is 8. The minimum Gasteiger partial charge on any atom is -0.310 e. The molecule has 2 nitrogen and oxygen atoms in total. The molecule has 0 heterocycles. The molecule has 13 rings (SSSR count). The van der Waals surface area contributed by atoms with Gasteiger partial charge in [0.15, 0.2) is 0 Å². The molecule has 96 heavy (non-hydrogen) atoms. The minimum absolute atomic E-state index is 0.0937. The van der Waals surface area contributed by atoms with Crippen molar-refractivity contribution in [2.75, 3.05) is 9.80 Å². The molecule has 0 bridgehead atoms. The van der Waals surface area contributed by atoms with E-state index >= 15 is 0 Å². The highest BCUT2D eigenvalue weighted by molar-refractivity contribution is 6.47. The predicted molar refractivity (Wildman–Crippen MR) is 424 cm³/mol. The van der Waals surface area contributed by atoms with E-state index in [1.165, 1.54) is 166 Å². The molecular weight excluding hydrogens is 1160 g/mol. The molecule has 490 valence electrons. The highest BCUT2D eigenvalue weighted by Gasteiger charge is 2.34. The van der Waals surface area contributed by atoms with Crippen molar-refractivity contribution >= 4 is 98.8 Å². The molecule has 0 saturated carbocycles. The van der Waals surface area contributed by atoms with Gasteiger partial charge in [0, 0.05) is 33.5 Å². The predicted octanol–water partition coefficient (Wildman–Crippen LogP) is 28.1. The fourth-order valence-electron chi connectivity index (χ4n) is 14.9. The largest absolute Gasteiger partial charge is 0.310 e. The summed E-state index contributed by atoms with van der Waals surface area (Å²) in [4.78, 5) is 5.25. The van der Waals surface area contributed by atoms with Crippen molar-refractivity contribution in [3.8, 4) is 22.3 Å². The van der Waals surface area contributed by atoms with Gasteiger partial charge in [0.1, 0.15) is 0 Å². The third-order valence-corrected chi connectivity index (χ3v) is 20.9. The summed E-state index contributed by atoms with van der Waals surface area (Å²) in [5.74, 6) is 0. The molecular formula is C94H104N2. The van der Waals surface area contributed by atoms with Crippen LogP contribution >= 0.6 is 0 Å². The normalized spacial score (nSPS) is 13.4. The second kappa shape index (κ2) is 22.6. The molecule has 0 fully saturated rings. The lowest BCUT2D eigenvalue weighted by molar-refractivity contribution is 0.567. The lowest BCUT2D eigenvalue weighted by atomic mass is 9.79. The first-order chi connectivity index (χ1) is 44.7. The fourth-order valence-corrected chi connectivity index (χ4v) is 14.9. The Morgan fingerprint density at radius 1 is 0.188 bits per heavy atom. The van der Waals surface area contributed by atoms with Gasteiger partial charge in [-0.2, -0.15) is 0 Å². The molecule has 0 aromatic heterocycles. The van der Waals surface area contributed by atoms with Crippen LogP contribution in [0.15, 0.2) is 194 Å². The Labute approximate surface area is 575 Å². The van der Waals surface area contributed by atoms with Crippen LogP contribution in [-0.2, 0) is 43.3 Å². The van der Waals surface area contributed by atoms with Crippen LogP contribution < -0.4 is 9.80 Å². The van der Waals surface area contributed by atoms with Gasteiger partial charge in [0.05, 0.1) is 11.4 Å². The van der Waals surface area contributed by atoms with E-state index in [-0.39, 0.29) is 43.3 Å². The first-order valence-electron chi connectivity index (χ1n) is 35.4. The second-order valence-corrected chi connectivity index (χ2v) is 36.4. The first-order valence-corrected chi connectivity index (χ1v) is 35.4. The van der Waals surface area contributed by atoms with Crippen molar-refractivity contribution in [1.29, 1.82) is 0 Å². The molecule has 0 unspecified atom stereocenters. The van der Waals surface area contributed by atoms with Gasteiger partial charge >= 0.3 is 0 Å². The summed E-state index contributed by atoms with van der Waals surface area (Å²) < 4.78 is 0. The smallest absolute Gasteiger partial charge is 0.0540 e. The fraction of sp³-hybridized carbons (Fsp3) is 0.340. The maximum Gasteiger partial charge on any atom is 0.0540 e. The van der Waals surface area contributed by atoms with Crippen molar-refractivity contribution in [2.24, 2.45) is 0 Å². The second-order valence-electron chi connectivity index (χ2n) is 36.4. The Balaban J connectivity index is 1.19. The van der Waals surface area contributed by atoms with Gasteiger partial charge in [-0.15, -0.1) is 0 Å². The summed E-state index contributed by atoms with van der Waals surface area (Å²) in [6.07, 6.45) is 0. The maximum atomic E-state index is 2.63. The van der Waals surface area contributed by atoms with Gasteiger partial charge in [-0.1, -0.05) is 300 Å². The van der Waals surface area contributed by atoms with E-state index in [1.54, 1.807) is 0 Å². The lowest BCUT2D eigenvalue weighted by Crippen LogP contribution is -2.21. The summed E-state index contributed by atoms with van der Waals surface area (Å²) in [6.45, 7) is 56.7. The van der Waals surface area contributed by atoms with Gasteiger partial charge < -0.3 is 9.80 Å². The average molecular weight is 1260 g/mol. The van der Waals surface area contributed by atoms with Crippen LogP contribution in [0, 0.1) is 0 Å². The Morgan fingerprint density at radius 2 is 0.396 bits per heavy atom. The van der Waals surface area contributed by atoms with Crippen molar-refractivity contribution in [3.05, 3.63) is 239 Å². The molecule has 0 N–H and O–H groups in total. The highest BCUT2D eigenvalue weighted by atomic mass is 15.2. The molecule has 13 aromatic rings. The number of hydrogen-bond acceptors (Lipinski definition) is 2. The molecule has 2 heteroatoms. The summed E-state index contributed by atoms with van der Waals surface area (Å²) in [7, 11) is 0. The molecule has 0 aliphatic rings. The third kappa shape index (κ3) is 11.6. The van der Waals surface area contributed by atoms with Crippen LogP contribution in [0.1, 0.15) is 211 Å². The summed E-state index contributed by atoms with van der Waals surface area (Å²) >= 11 is 0. The number of nitrogens with zero attached hydrogens (tertiary/aromatic N) is 2. The lowest BCUT2D eigenvalue weighted by Gasteiger charge is -2.34. The molecule has 13 aromatic carbocycles. The Bertz CT molecular complexity index is 4490. The molecule has 0 amide bonds. The van der Waals surface area contributed by atoms with Gasteiger partial charge in [0.25, 0.3) is 0 Å².